The number of halogens is 1. The highest BCUT2D eigenvalue weighted by Gasteiger charge is 2.05. The Labute approximate surface area is 122 Å². The van der Waals surface area contributed by atoms with Crippen molar-refractivity contribution in [2.75, 3.05) is 13.2 Å². The van der Waals surface area contributed by atoms with Gasteiger partial charge in [0.2, 0.25) is 0 Å². The molecule has 5 heteroatoms. The second kappa shape index (κ2) is 6.91. The summed E-state index contributed by atoms with van der Waals surface area (Å²) < 4.78 is 10.4. The average molecular weight is 292 g/mol. The lowest BCUT2D eigenvalue weighted by Crippen LogP contribution is -2.01. The average Bonchev–Trinajstić information content (AvgIpc) is 2.46. The lowest BCUT2D eigenvalue weighted by Gasteiger charge is -2.07. The molecule has 0 bridgehead atoms. The molecule has 2 aromatic rings. The highest BCUT2D eigenvalue weighted by molar-refractivity contribution is 6.35. The molecule has 0 aliphatic heterocycles. The minimum Gasteiger partial charge on any atom is -0.487 e. The van der Waals surface area contributed by atoms with Gasteiger partial charge in [-0.2, -0.15) is 0 Å². The van der Waals surface area contributed by atoms with Crippen molar-refractivity contribution in [1.82, 2.24) is 4.98 Å². The number of fused-ring (bicyclic) bond motifs is 1. The molecule has 1 aromatic heterocycles. The first-order valence-electron chi connectivity index (χ1n) is 6.21. The Balaban J connectivity index is 2.07. The molecule has 0 aliphatic rings. The molecule has 0 N–H and O–H groups in total. The van der Waals surface area contributed by atoms with E-state index in [1.807, 2.05) is 12.1 Å². The van der Waals surface area contributed by atoms with Gasteiger partial charge in [0.25, 0.3) is 0 Å². The zero-order valence-electron chi connectivity index (χ0n) is 11.0. The Kier molecular flexibility index (Phi) is 4.96. The largest absolute Gasteiger partial charge is 0.487 e. The third-order valence-corrected chi connectivity index (χ3v) is 2.88. The second-order valence-electron chi connectivity index (χ2n) is 3.91. The van der Waals surface area contributed by atoms with E-state index in [4.69, 9.17) is 21.1 Å². The zero-order chi connectivity index (χ0) is 14.4. The fourth-order valence-corrected chi connectivity index (χ4v) is 1.92. The van der Waals surface area contributed by atoms with Crippen molar-refractivity contribution < 1.29 is 14.3 Å². The maximum Gasteiger partial charge on any atom is 0.330 e. The van der Waals surface area contributed by atoms with Crippen LogP contribution in [0.25, 0.3) is 10.9 Å². The number of hydrogen-bond donors (Lipinski definition) is 0. The van der Waals surface area contributed by atoms with Crippen molar-refractivity contribution in [2.24, 2.45) is 0 Å². The first-order valence-corrected chi connectivity index (χ1v) is 6.59. The van der Waals surface area contributed by atoms with E-state index in [0.717, 1.165) is 5.39 Å². The summed E-state index contributed by atoms with van der Waals surface area (Å²) in [6.07, 6.45) is 4.62. The number of esters is 1. The summed E-state index contributed by atoms with van der Waals surface area (Å²) in [5, 5.41) is 1.46. The van der Waals surface area contributed by atoms with E-state index in [2.05, 4.69) is 4.98 Å². The Bertz CT molecular complexity index is 640. The Morgan fingerprint density at radius 1 is 1.40 bits per heavy atom. The van der Waals surface area contributed by atoms with Crippen molar-refractivity contribution in [1.29, 1.82) is 0 Å². The highest BCUT2D eigenvalue weighted by atomic mass is 35.5. The third-order valence-electron chi connectivity index (χ3n) is 2.56. The molecular weight excluding hydrogens is 278 g/mol. The monoisotopic (exact) mass is 291 g/mol. The molecule has 2 rings (SSSR count). The first-order chi connectivity index (χ1) is 9.72. The number of carbonyl (C=O) groups excluding carboxylic acids is 1. The summed E-state index contributed by atoms with van der Waals surface area (Å²) in [6, 6.07) is 7.22. The van der Waals surface area contributed by atoms with Gasteiger partial charge in [0, 0.05) is 17.7 Å². The van der Waals surface area contributed by atoms with Crippen LogP contribution in [0.2, 0.25) is 5.02 Å². The van der Waals surface area contributed by atoms with E-state index >= 15 is 0 Å². The lowest BCUT2D eigenvalue weighted by atomic mass is 10.2. The predicted octanol–water partition coefficient (Wildman–Crippen LogP) is 3.39. The van der Waals surface area contributed by atoms with Crippen LogP contribution < -0.4 is 4.74 Å². The van der Waals surface area contributed by atoms with Crippen LogP contribution in [0.5, 0.6) is 5.75 Å². The molecular formula is C15H14ClNO3. The summed E-state index contributed by atoms with van der Waals surface area (Å²) in [5.41, 5.74) is 0.699. The fraction of sp³-hybridized carbons (Fsp3) is 0.200. The molecule has 1 aromatic carbocycles. The number of benzene rings is 1. The molecule has 4 nitrogen and oxygen atoms in total. The Hall–Kier alpha value is -2.07. The quantitative estimate of drug-likeness (QED) is 0.626. The van der Waals surface area contributed by atoms with Gasteiger partial charge in [0.15, 0.2) is 0 Å². The van der Waals surface area contributed by atoms with Gasteiger partial charge < -0.3 is 9.47 Å². The topological polar surface area (TPSA) is 48.4 Å². The molecule has 1 heterocycles. The summed E-state index contributed by atoms with van der Waals surface area (Å²) in [4.78, 5) is 15.4. The van der Waals surface area contributed by atoms with Crippen LogP contribution in [-0.4, -0.2) is 24.2 Å². The summed E-state index contributed by atoms with van der Waals surface area (Å²) >= 11 is 6.10. The fourth-order valence-electron chi connectivity index (χ4n) is 1.70. The maximum atomic E-state index is 11.1. The summed E-state index contributed by atoms with van der Waals surface area (Å²) in [7, 11) is 0. The first kappa shape index (κ1) is 14.3. The standard InChI is InChI=1S/C15H14ClNO3/c1-2-19-14(18)6-4-10-20-13-8-7-12(16)11-5-3-9-17-15(11)13/h3-9H,2,10H2,1H3. The molecule has 0 spiro atoms. The van der Waals surface area contributed by atoms with Gasteiger partial charge in [-0.05, 0) is 37.3 Å². The van der Waals surface area contributed by atoms with E-state index in [0.29, 0.717) is 22.9 Å². The Morgan fingerprint density at radius 3 is 3.05 bits per heavy atom. The zero-order valence-corrected chi connectivity index (χ0v) is 11.8. The van der Waals surface area contributed by atoms with Crippen molar-refractivity contribution in [3.05, 3.63) is 47.6 Å². The molecule has 0 saturated carbocycles. The van der Waals surface area contributed by atoms with Crippen LogP contribution in [0.15, 0.2) is 42.6 Å². The third kappa shape index (κ3) is 3.48. The van der Waals surface area contributed by atoms with Crippen molar-refractivity contribution in [3.8, 4) is 5.75 Å². The summed E-state index contributed by atoms with van der Waals surface area (Å²) in [6.45, 7) is 2.37. The van der Waals surface area contributed by atoms with Gasteiger partial charge in [-0.1, -0.05) is 11.6 Å². The number of rotatable bonds is 5. The van der Waals surface area contributed by atoms with Gasteiger partial charge in [-0.15, -0.1) is 0 Å². The normalized spacial score (nSPS) is 10.9. The minimum absolute atomic E-state index is 0.256. The van der Waals surface area contributed by atoms with Gasteiger partial charge in [0.1, 0.15) is 17.9 Å². The molecule has 0 amide bonds. The molecule has 0 radical (unpaired) electrons. The van der Waals surface area contributed by atoms with Crippen LogP contribution in [0.1, 0.15) is 6.92 Å². The SMILES string of the molecule is CCOC(=O)C=CCOc1ccc(Cl)c2cccnc12. The van der Waals surface area contributed by atoms with Crippen LogP contribution in [0.3, 0.4) is 0 Å². The predicted molar refractivity (Wildman–Crippen MR) is 78.0 cm³/mol. The van der Waals surface area contributed by atoms with Gasteiger partial charge in [-0.3, -0.25) is 4.98 Å². The molecule has 0 aliphatic carbocycles. The van der Waals surface area contributed by atoms with Crippen molar-refractivity contribution in [3.63, 3.8) is 0 Å². The van der Waals surface area contributed by atoms with Crippen LogP contribution in [0, 0.1) is 0 Å². The van der Waals surface area contributed by atoms with Gasteiger partial charge >= 0.3 is 5.97 Å². The van der Waals surface area contributed by atoms with Crippen molar-refractivity contribution >= 4 is 28.5 Å². The van der Waals surface area contributed by atoms with Crippen molar-refractivity contribution in [2.45, 2.75) is 6.92 Å². The molecule has 0 fully saturated rings. The lowest BCUT2D eigenvalue weighted by molar-refractivity contribution is -0.137. The molecule has 0 atom stereocenters. The van der Waals surface area contributed by atoms with E-state index < -0.39 is 0 Å². The van der Waals surface area contributed by atoms with E-state index in [1.54, 1.807) is 31.3 Å². The highest BCUT2D eigenvalue weighted by Crippen LogP contribution is 2.29. The van der Waals surface area contributed by atoms with Gasteiger partial charge in [0.05, 0.1) is 11.6 Å². The molecule has 0 unspecified atom stereocenters. The van der Waals surface area contributed by atoms with Gasteiger partial charge in [-0.25, -0.2) is 4.79 Å². The number of pyridine rings is 1. The number of aromatic nitrogens is 1. The van der Waals surface area contributed by atoms with E-state index in [-0.39, 0.29) is 12.6 Å². The number of carbonyl (C=O) groups is 1. The maximum absolute atomic E-state index is 11.1. The van der Waals surface area contributed by atoms with E-state index in [1.165, 1.54) is 6.08 Å². The molecule has 104 valence electrons. The minimum atomic E-state index is -0.379. The van der Waals surface area contributed by atoms with Crippen LogP contribution in [-0.2, 0) is 9.53 Å². The Morgan fingerprint density at radius 2 is 2.25 bits per heavy atom. The summed E-state index contributed by atoms with van der Waals surface area (Å²) in [5.74, 6) is 0.244. The number of nitrogens with zero attached hydrogens (tertiary/aromatic N) is 1. The number of ether oxygens (including phenoxy) is 2. The molecule has 0 saturated heterocycles. The smallest absolute Gasteiger partial charge is 0.330 e. The van der Waals surface area contributed by atoms with Crippen LogP contribution in [0.4, 0.5) is 0 Å². The molecule has 20 heavy (non-hydrogen) atoms. The number of hydrogen-bond acceptors (Lipinski definition) is 4. The second-order valence-corrected chi connectivity index (χ2v) is 4.32. The van der Waals surface area contributed by atoms with E-state index in [9.17, 15) is 4.79 Å². The van der Waals surface area contributed by atoms with Crippen LogP contribution >= 0.6 is 11.6 Å².